The largest absolute Gasteiger partial charge is 0.308 e. The van der Waals surface area contributed by atoms with E-state index in [-0.39, 0.29) is 5.41 Å². The molecule has 182 valence electrons. The van der Waals surface area contributed by atoms with Crippen LogP contribution in [0.25, 0.3) is 0 Å². The van der Waals surface area contributed by atoms with Gasteiger partial charge in [0.05, 0.1) is 22.8 Å². The molecule has 1 aromatic heterocycles. The predicted octanol–water partition coefficient (Wildman–Crippen LogP) is 7.14. The second kappa shape index (κ2) is 8.87. The molecule has 0 N–H and O–H groups in total. The summed E-state index contributed by atoms with van der Waals surface area (Å²) in [6.45, 7) is 6.59. The van der Waals surface area contributed by atoms with Crippen LogP contribution in [-0.4, -0.2) is 4.98 Å². The van der Waals surface area contributed by atoms with Crippen LogP contribution in [0.5, 0.6) is 0 Å². The molecular formula is C33H29N2OP. The third kappa shape index (κ3) is 3.65. The van der Waals surface area contributed by atoms with Crippen molar-refractivity contribution in [1.82, 2.24) is 4.98 Å². The molecule has 0 aliphatic carbocycles. The van der Waals surface area contributed by atoms with Gasteiger partial charge < -0.3 is 9.46 Å². The summed E-state index contributed by atoms with van der Waals surface area (Å²) < 4.78 is 14.9. The Bertz CT molecular complexity index is 1550. The quantitative estimate of drug-likeness (QED) is 0.246. The first kappa shape index (κ1) is 23.5. The molecule has 2 heterocycles. The van der Waals surface area contributed by atoms with E-state index in [4.69, 9.17) is 4.98 Å². The van der Waals surface area contributed by atoms with Crippen LogP contribution in [0.4, 0.5) is 17.1 Å². The number of hydrogen-bond acceptors (Lipinski definition) is 3. The number of aromatic nitrogens is 1. The van der Waals surface area contributed by atoms with Crippen molar-refractivity contribution < 1.29 is 4.57 Å². The Labute approximate surface area is 218 Å². The van der Waals surface area contributed by atoms with Gasteiger partial charge in [-0.05, 0) is 42.3 Å². The van der Waals surface area contributed by atoms with Gasteiger partial charge in [-0.15, -0.1) is 0 Å². The maximum Gasteiger partial charge on any atom is 0.188 e. The van der Waals surface area contributed by atoms with E-state index in [1.54, 1.807) is 0 Å². The van der Waals surface area contributed by atoms with E-state index in [9.17, 15) is 4.57 Å². The lowest BCUT2D eigenvalue weighted by Gasteiger charge is -2.42. The minimum atomic E-state index is -3.15. The Morgan fingerprint density at radius 1 is 0.595 bits per heavy atom. The number of pyridine rings is 1. The number of aryl methyl sites for hydroxylation is 1. The molecule has 1 aliphatic heterocycles. The minimum Gasteiger partial charge on any atom is -0.308 e. The van der Waals surface area contributed by atoms with Crippen LogP contribution in [0.1, 0.15) is 30.7 Å². The van der Waals surface area contributed by atoms with Gasteiger partial charge >= 0.3 is 0 Å². The molecule has 0 amide bonds. The molecule has 3 nitrogen and oxygen atoms in total. The Morgan fingerprint density at radius 2 is 1.05 bits per heavy atom. The molecule has 6 rings (SSSR count). The number of para-hydroxylation sites is 2. The average molecular weight is 501 g/mol. The molecule has 0 saturated carbocycles. The summed E-state index contributed by atoms with van der Waals surface area (Å²) in [7, 11) is -3.15. The molecule has 0 radical (unpaired) electrons. The number of nitrogens with zero attached hydrogens (tertiary/aromatic N) is 2. The van der Waals surface area contributed by atoms with Crippen LogP contribution < -0.4 is 20.9 Å². The highest BCUT2D eigenvalue weighted by Crippen LogP contribution is 2.52. The summed E-state index contributed by atoms with van der Waals surface area (Å²) in [6, 6.07) is 40.7. The van der Waals surface area contributed by atoms with Crippen LogP contribution in [0.15, 0.2) is 121 Å². The van der Waals surface area contributed by atoms with E-state index in [0.29, 0.717) is 5.44 Å². The monoisotopic (exact) mass is 500 g/mol. The van der Waals surface area contributed by atoms with E-state index in [1.165, 1.54) is 11.1 Å². The Balaban J connectivity index is 1.55. The molecule has 37 heavy (non-hydrogen) atoms. The molecule has 0 saturated heterocycles. The fraction of sp³-hybridized carbons (Fsp3) is 0.121. The zero-order valence-corrected chi connectivity index (χ0v) is 22.2. The van der Waals surface area contributed by atoms with Crippen LogP contribution in [0.3, 0.4) is 0 Å². The summed E-state index contributed by atoms with van der Waals surface area (Å²) in [4.78, 5) is 7.35. The van der Waals surface area contributed by atoms with Crippen molar-refractivity contribution in [1.29, 1.82) is 0 Å². The van der Waals surface area contributed by atoms with Crippen molar-refractivity contribution in [3.8, 4) is 0 Å². The zero-order valence-electron chi connectivity index (χ0n) is 21.3. The van der Waals surface area contributed by atoms with Crippen LogP contribution in [0, 0.1) is 6.92 Å². The van der Waals surface area contributed by atoms with Crippen molar-refractivity contribution in [2.75, 3.05) is 4.90 Å². The molecule has 4 heteroatoms. The van der Waals surface area contributed by atoms with Crippen molar-refractivity contribution in [3.05, 3.63) is 138 Å². The Hall–Kier alpha value is -3.94. The standard InChI is InChI=1S/C33H29N2OP/c1-24-29(35-30-20-12-10-18-27(30)33(2,3)28-19-11-13-21-31(28)35)22-23-32(34-24)37(36,25-14-6-4-7-15-25)26-16-8-5-9-17-26/h4-23H,1-3H3. The van der Waals surface area contributed by atoms with Gasteiger partial charge in [-0.2, -0.15) is 0 Å². The van der Waals surface area contributed by atoms with E-state index in [0.717, 1.165) is 33.4 Å². The number of rotatable bonds is 4. The lowest BCUT2D eigenvalue weighted by atomic mass is 9.73. The minimum absolute atomic E-state index is 0.124. The maximum absolute atomic E-state index is 14.9. The Morgan fingerprint density at radius 3 is 1.54 bits per heavy atom. The van der Waals surface area contributed by atoms with Crippen LogP contribution in [-0.2, 0) is 9.98 Å². The normalized spacial score (nSPS) is 14.1. The summed E-state index contributed by atoms with van der Waals surface area (Å²) in [5, 5.41) is 1.58. The van der Waals surface area contributed by atoms with Gasteiger partial charge in [0.25, 0.3) is 0 Å². The molecule has 0 atom stereocenters. The fourth-order valence-electron chi connectivity index (χ4n) is 5.57. The van der Waals surface area contributed by atoms with Gasteiger partial charge in [-0.1, -0.05) is 111 Å². The lowest BCUT2D eigenvalue weighted by Crippen LogP contribution is -2.32. The second-order valence-electron chi connectivity index (χ2n) is 10.0. The van der Waals surface area contributed by atoms with Gasteiger partial charge in [-0.3, -0.25) is 0 Å². The van der Waals surface area contributed by atoms with Gasteiger partial charge in [0, 0.05) is 16.0 Å². The van der Waals surface area contributed by atoms with Crippen molar-refractivity contribution in [2.45, 2.75) is 26.2 Å². The van der Waals surface area contributed by atoms with E-state index < -0.39 is 7.14 Å². The highest BCUT2D eigenvalue weighted by atomic mass is 31.2. The summed E-state index contributed by atoms with van der Waals surface area (Å²) in [6.07, 6.45) is 0. The number of anilines is 3. The number of benzene rings is 4. The number of hydrogen-bond donors (Lipinski definition) is 0. The van der Waals surface area contributed by atoms with Gasteiger partial charge in [0.15, 0.2) is 7.14 Å². The molecule has 4 aromatic carbocycles. The van der Waals surface area contributed by atoms with Gasteiger partial charge in [-0.25, -0.2) is 4.98 Å². The summed E-state index contributed by atoms with van der Waals surface area (Å²) >= 11 is 0. The van der Waals surface area contributed by atoms with Crippen LogP contribution in [0.2, 0.25) is 0 Å². The van der Waals surface area contributed by atoms with E-state index in [1.807, 2.05) is 73.7 Å². The first-order chi connectivity index (χ1) is 17.9. The SMILES string of the molecule is Cc1nc(P(=O)(c2ccccc2)c2ccccc2)ccc1N1c2ccccc2C(C)(C)c2ccccc21. The van der Waals surface area contributed by atoms with Crippen molar-refractivity contribution >= 4 is 40.2 Å². The number of fused-ring (bicyclic) bond motifs is 2. The molecule has 0 unspecified atom stereocenters. The maximum atomic E-state index is 14.9. The third-order valence-corrected chi connectivity index (χ3v) is 10.4. The third-order valence-electron chi connectivity index (χ3n) is 7.48. The summed E-state index contributed by atoms with van der Waals surface area (Å²) in [5.41, 5.74) is 7.16. The molecule has 0 fully saturated rings. The van der Waals surface area contributed by atoms with E-state index >= 15 is 0 Å². The van der Waals surface area contributed by atoms with Gasteiger partial charge in [0.2, 0.25) is 0 Å². The highest BCUT2D eigenvalue weighted by molar-refractivity contribution is 7.85. The fourth-order valence-corrected chi connectivity index (χ4v) is 8.16. The molecular weight excluding hydrogens is 471 g/mol. The lowest BCUT2D eigenvalue weighted by molar-refractivity contribution is 0.592. The van der Waals surface area contributed by atoms with Gasteiger partial charge in [0.1, 0.15) is 5.44 Å². The van der Waals surface area contributed by atoms with Crippen molar-refractivity contribution in [3.63, 3.8) is 0 Å². The molecule has 0 bridgehead atoms. The van der Waals surface area contributed by atoms with Crippen LogP contribution >= 0.6 is 7.14 Å². The first-order valence-corrected chi connectivity index (χ1v) is 14.3. The van der Waals surface area contributed by atoms with E-state index in [2.05, 4.69) is 73.3 Å². The molecule has 1 aliphatic rings. The topological polar surface area (TPSA) is 33.2 Å². The zero-order chi connectivity index (χ0) is 25.6. The Kier molecular flexibility index (Phi) is 5.62. The van der Waals surface area contributed by atoms with Crippen molar-refractivity contribution in [2.24, 2.45) is 0 Å². The smallest absolute Gasteiger partial charge is 0.188 e. The average Bonchev–Trinajstić information content (AvgIpc) is 2.94. The molecule has 0 spiro atoms. The highest BCUT2D eigenvalue weighted by Gasteiger charge is 2.37. The molecule has 5 aromatic rings. The predicted molar refractivity (Wildman–Crippen MR) is 155 cm³/mol. The first-order valence-electron chi connectivity index (χ1n) is 12.6. The summed E-state index contributed by atoms with van der Waals surface area (Å²) in [5.74, 6) is 0. The second-order valence-corrected chi connectivity index (χ2v) is 12.8.